The van der Waals surface area contributed by atoms with Crippen LogP contribution in [0.2, 0.25) is 5.02 Å². The molecule has 0 saturated carbocycles. The van der Waals surface area contributed by atoms with Gasteiger partial charge in [0.2, 0.25) is 0 Å². The molecule has 4 heteroatoms. The van der Waals surface area contributed by atoms with Crippen LogP contribution in [0.5, 0.6) is 0 Å². The Morgan fingerprint density at radius 2 is 1.68 bits per heavy atom. The molecule has 0 spiro atoms. The number of rotatable bonds is 6. The molecule has 0 aromatic heterocycles. The van der Waals surface area contributed by atoms with Crippen LogP contribution in [-0.2, 0) is 0 Å². The molecule has 126 valence electrons. The number of carbonyl (C=O) groups is 1. The van der Waals surface area contributed by atoms with Crippen LogP contribution in [0.15, 0.2) is 83.8 Å². The number of para-hydroxylation sites is 1. The second-order valence-corrected chi connectivity index (χ2v) is 7.37. The third-order valence-electron chi connectivity index (χ3n) is 3.88. The summed E-state index contributed by atoms with van der Waals surface area (Å²) in [5.41, 5.74) is 8.54. The number of ketones is 1. The topological polar surface area (TPSA) is 43.1 Å². The minimum atomic E-state index is -0.0592. The second kappa shape index (κ2) is 8.24. The van der Waals surface area contributed by atoms with Crippen LogP contribution in [-0.4, -0.2) is 5.78 Å². The highest BCUT2D eigenvalue weighted by molar-refractivity contribution is 7.99. The predicted octanol–water partition coefficient (Wildman–Crippen LogP) is 6.03. The van der Waals surface area contributed by atoms with Gasteiger partial charge in [-0.2, -0.15) is 0 Å². The molecule has 0 aliphatic carbocycles. The van der Waals surface area contributed by atoms with Gasteiger partial charge >= 0.3 is 0 Å². The SMILES string of the molecule is Nc1ccccc1S[C@H](CC(=O)c1ccccc1)c1cccc(Cl)c1. The maximum Gasteiger partial charge on any atom is 0.164 e. The minimum Gasteiger partial charge on any atom is -0.398 e. The van der Waals surface area contributed by atoms with Crippen molar-refractivity contribution in [3.8, 4) is 0 Å². The summed E-state index contributed by atoms with van der Waals surface area (Å²) >= 11 is 7.75. The maximum atomic E-state index is 12.7. The number of Topliss-reactive ketones (excluding diaryl/α,β-unsaturated/α-hetero) is 1. The summed E-state index contributed by atoms with van der Waals surface area (Å²) in [6.45, 7) is 0. The summed E-state index contributed by atoms with van der Waals surface area (Å²) in [7, 11) is 0. The molecule has 0 aliphatic rings. The third kappa shape index (κ3) is 4.65. The first-order valence-electron chi connectivity index (χ1n) is 7.98. The molecule has 0 saturated heterocycles. The van der Waals surface area contributed by atoms with E-state index in [2.05, 4.69) is 0 Å². The Hall–Kier alpha value is -2.23. The van der Waals surface area contributed by atoms with Crippen LogP contribution in [0.25, 0.3) is 0 Å². The zero-order valence-electron chi connectivity index (χ0n) is 13.6. The Labute approximate surface area is 157 Å². The lowest BCUT2D eigenvalue weighted by atomic mass is 10.0. The number of nitrogen functional groups attached to an aromatic ring is 1. The Bertz CT molecular complexity index is 867. The fourth-order valence-corrected chi connectivity index (χ4v) is 3.97. The first-order chi connectivity index (χ1) is 12.1. The zero-order valence-corrected chi connectivity index (χ0v) is 15.1. The molecule has 3 rings (SSSR count). The number of anilines is 1. The second-order valence-electron chi connectivity index (χ2n) is 5.69. The van der Waals surface area contributed by atoms with Gasteiger partial charge in [-0.3, -0.25) is 4.79 Å². The maximum absolute atomic E-state index is 12.7. The van der Waals surface area contributed by atoms with Gasteiger partial charge in [0, 0.05) is 32.8 Å². The van der Waals surface area contributed by atoms with E-state index in [1.54, 1.807) is 11.8 Å². The molecule has 3 aromatic rings. The number of nitrogens with two attached hydrogens (primary N) is 1. The van der Waals surface area contributed by atoms with Crippen molar-refractivity contribution in [2.24, 2.45) is 0 Å². The molecule has 0 aliphatic heterocycles. The monoisotopic (exact) mass is 367 g/mol. The largest absolute Gasteiger partial charge is 0.398 e. The molecular formula is C21H18ClNOS. The Kier molecular flexibility index (Phi) is 5.79. The number of benzene rings is 3. The lowest BCUT2D eigenvalue weighted by Crippen LogP contribution is -2.06. The number of hydrogen-bond acceptors (Lipinski definition) is 3. The Morgan fingerprint density at radius 1 is 0.960 bits per heavy atom. The fraction of sp³-hybridized carbons (Fsp3) is 0.0952. The minimum absolute atomic E-state index is 0.0592. The van der Waals surface area contributed by atoms with E-state index in [1.165, 1.54) is 0 Å². The summed E-state index contributed by atoms with van der Waals surface area (Å²) in [6, 6.07) is 24.7. The summed E-state index contributed by atoms with van der Waals surface area (Å²) in [4.78, 5) is 13.7. The van der Waals surface area contributed by atoms with Crippen LogP contribution in [0.1, 0.15) is 27.6 Å². The van der Waals surface area contributed by atoms with Crippen molar-refractivity contribution in [1.82, 2.24) is 0 Å². The van der Waals surface area contributed by atoms with E-state index in [9.17, 15) is 4.79 Å². The van der Waals surface area contributed by atoms with Crippen LogP contribution in [0.3, 0.4) is 0 Å². The number of hydrogen-bond donors (Lipinski definition) is 1. The smallest absolute Gasteiger partial charge is 0.164 e. The van der Waals surface area contributed by atoms with Crippen molar-refractivity contribution in [3.05, 3.63) is 95.0 Å². The number of halogens is 1. The molecule has 0 heterocycles. The zero-order chi connectivity index (χ0) is 17.6. The van der Waals surface area contributed by atoms with Crippen molar-refractivity contribution in [2.45, 2.75) is 16.6 Å². The average Bonchev–Trinajstić information content (AvgIpc) is 2.63. The standard InChI is InChI=1S/C21H18ClNOS/c22-17-10-6-9-16(13-17)21(25-20-12-5-4-11-18(20)23)14-19(24)15-7-2-1-3-8-15/h1-13,21H,14,23H2/t21-/m1/s1. The Balaban J connectivity index is 1.89. The lowest BCUT2D eigenvalue weighted by Gasteiger charge is -2.18. The van der Waals surface area contributed by atoms with Gasteiger partial charge in [-0.15, -0.1) is 11.8 Å². The molecule has 0 fully saturated rings. The van der Waals surface area contributed by atoms with E-state index in [0.717, 1.165) is 16.0 Å². The van der Waals surface area contributed by atoms with Gasteiger partial charge in [-0.25, -0.2) is 0 Å². The quantitative estimate of drug-likeness (QED) is 0.328. The number of carbonyl (C=O) groups excluding carboxylic acids is 1. The van der Waals surface area contributed by atoms with Gasteiger partial charge in [-0.05, 0) is 29.8 Å². The van der Waals surface area contributed by atoms with E-state index in [1.807, 2.05) is 78.9 Å². The van der Waals surface area contributed by atoms with Crippen molar-refractivity contribution < 1.29 is 4.79 Å². The van der Waals surface area contributed by atoms with Gasteiger partial charge in [0.1, 0.15) is 0 Å². The van der Waals surface area contributed by atoms with E-state index < -0.39 is 0 Å². The van der Waals surface area contributed by atoms with E-state index >= 15 is 0 Å². The normalized spacial score (nSPS) is 11.9. The van der Waals surface area contributed by atoms with Gasteiger partial charge < -0.3 is 5.73 Å². The van der Waals surface area contributed by atoms with Crippen molar-refractivity contribution in [1.29, 1.82) is 0 Å². The molecule has 0 radical (unpaired) electrons. The highest BCUT2D eigenvalue weighted by atomic mass is 35.5. The predicted molar refractivity (Wildman–Crippen MR) is 106 cm³/mol. The van der Waals surface area contributed by atoms with Crippen LogP contribution in [0.4, 0.5) is 5.69 Å². The fourth-order valence-electron chi connectivity index (χ4n) is 2.59. The molecular weight excluding hydrogens is 350 g/mol. The summed E-state index contributed by atoms with van der Waals surface area (Å²) in [6.07, 6.45) is 0.378. The molecule has 0 unspecified atom stereocenters. The first-order valence-corrected chi connectivity index (χ1v) is 9.24. The summed E-state index contributed by atoms with van der Waals surface area (Å²) in [5, 5.41) is 0.604. The summed E-state index contributed by atoms with van der Waals surface area (Å²) < 4.78 is 0. The molecule has 3 aromatic carbocycles. The number of thioether (sulfide) groups is 1. The van der Waals surface area contributed by atoms with Gasteiger partial charge in [0.15, 0.2) is 5.78 Å². The van der Waals surface area contributed by atoms with E-state index in [0.29, 0.717) is 17.1 Å². The van der Waals surface area contributed by atoms with E-state index in [4.69, 9.17) is 17.3 Å². The van der Waals surface area contributed by atoms with Crippen molar-refractivity contribution in [2.75, 3.05) is 5.73 Å². The van der Waals surface area contributed by atoms with Crippen LogP contribution in [0, 0.1) is 0 Å². The molecule has 2 N–H and O–H groups in total. The van der Waals surface area contributed by atoms with E-state index in [-0.39, 0.29) is 11.0 Å². The molecule has 2 nitrogen and oxygen atoms in total. The van der Waals surface area contributed by atoms with Crippen LogP contribution >= 0.6 is 23.4 Å². The summed E-state index contributed by atoms with van der Waals surface area (Å²) in [5.74, 6) is 0.104. The molecule has 25 heavy (non-hydrogen) atoms. The third-order valence-corrected chi connectivity index (χ3v) is 5.46. The van der Waals surface area contributed by atoms with Gasteiger partial charge in [0.05, 0.1) is 0 Å². The average molecular weight is 368 g/mol. The highest BCUT2D eigenvalue weighted by Crippen LogP contribution is 2.41. The highest BCUT2D eigenvalue weighted by Gasteiger charge is 2.20. The Morgan fingerprint density at radius 3 is 2.40 bits per heavy atom. The molecule has 0 bridgehead atoms. The molecule has 1 atom stereocenters. The van der Waals surface area contributed by atoms with Crippen molar-refractivity contribution >= 4 is 34.8 Å². The van der Waals surface area contributed by atoms with Gasteiger partial charge in [0.25, 0.3) is 0 Å². The van der Waals surface area contributed by atoms with Crippen molar-refractivity contribution in [3.63, 3.8) is 0 Å². The van der Waals surface area contributed by atoms with Gasteiger partial charge in [-0.1, -0.05) is 66.2 Å². The molecule has 0 amide bonds. The lowest BCUT2D eigenvalue weighted by molar-refractivity contribution is 0.0982. The van der Waals surface area contributed by atoms with Crippen LogP contribution < -0.4 is 5.73 Å². The first kappa shape index (κ1) is 17.6.